The molecule has 0 aromatic carbocycles. The van der Waals surface area contributed by atoms with E-state index in [9.17, 15) is 0 Å². The van der Waals surface area contributed by atoms with Crippen LogP contribution in [0.5, 0.6) is 0 Å². The summed E-state index contributed by atoms with van der Waals surface area (Å²) >= 11 is 0. The van der Waals surface area contributed by atoms with Crippen molar-refractivity contribution in [3.63, 3.8) is 0 Å². The summed E-state index contributed by atoms with van der Waals surface area (Å²) < 4.78 is 11.0. The lowest BCUT2D eigenvalue weighted by atomic mass is 9.64. The minimum Gasteiger partial charge on any atom is -0.383 e. The van der Waals surface area contributed by atoms with Gasteiger partial charge < -0.3 is 14.8 Å². The molecule has 3 unspecified atom stereocenters. The van der Waals surface area contributed by atoms with Gasteiger partial charge in [-0.25, -0.2) is 0 Å². The lowest BCUT2D eigenvalue weighted by Gasteiger charge is -2.53. The first-order chi connectivity index (χ1) is 7.93. The number of ether oxygens (including phenoxy) is 2. The van der Waals surface area contributed by atoms with Crippen molar-refractivity contribution >= 4 is 0 Å². The van der Waals surface area contributed by atoms with Crippen LogP contribution in [0.2, 0.25) is 0 Å². The average molecular weight is 243 g/mol. The van der Waals surface area contributed by atoms with E-state index in [0.29, 0.717) is 24.1 Å². The van der Waals surface area contributed by atoms with Crippen molar-refractivity contribution in [3.8, 4) is 0 Å². The van der Waals surface area contributed by atoms with Crippen LogP contribution in [0.4, 0.5) is 0 Å². The van der Waals surface area contributed by atoms with E-state index in [2.05, 4.69) is 39.9 Å². The fraction of sp³-hybridized carbons (Fsp3) is 1.00. The van der Waals surface area contributed by atoms with Gasteiger partial charge in [0.1, 0.15) is 0 Å². The molecule has 1 aliphatic carbocycles. The molecule has 3 heteroatoms. The van der Waals surface area contributed by atoms with Gasteiger partial charge in [-0.2, -0.15) is 0 Å². The highest BCUT2D eigenvalue weighted by Gasteiger charge is 2.49. The summed E-state index contributed by atoms with van der Waals surface area (Å²) in [6, 6.07) is 0.980. The highest BCUT2D eigenvalue weighted by atomic mass is 16.5. The largest absolute Gasteiger partial charge is 0.383 e. The highest BCUT2D eigenvalue weighted by molar-refractivity contribution is 5.03. The van der Waals surface area contributed by atoms with Gasteiger partial charge >= 0.3 is 0 Å². The lowest BCUT2D eigenvalue weighted by Crippen LogP contribution is -2.63. The van der Waals surface area contributed by atoms with Gasteiger partial charge in [0.15, 0.2) is 0 Å². The van der Waals surface area contributed by atoms with Crippen molar-refractivity contribution < 1.29 is 9.47 Å². The smallest absolute Gasteiger partial charge is 0.0655 e. The molecule has 102 valence electrons. The number of hydrogen-bond acceptors (Lipinski definition) is 3. The van der Waals surface area contributed by atoms with Crippen LogP contribution >= 0.6 is 0 Å². The van der Waals surface area contributed by atoms with E-state index in [4.69, 9.17) is 9.47 Å². The number of methoxy groups -OCH3 is 1. The molecule has 1 fully saturated rings. The monoisotopic (exact) mass is 243 g/mol. The highest BCUT2D eigenvalue weighted by Crippen LogP contribution is 2.43. The van der Waals surface area contributed by atoms with Crippen molar-refractivity contribution in [2.24, 2.45) is 11.3 Å². The van der Waals surface area contributed by atoms with E-state index >= 15 is 0 Å². The van der Waals surface area contributed by atoms with E-state index in [1.54, 1.807) is 7.11 Å². The Balaban J connectivity index is 2.47. The van der Waals surface area contributed by atoms with Crippen LogP contribution in [0.3, 0.4) is 0 Å². The molecule has 1 rings (SSSR count). The average Bonchev–Trinajstić information content (AvgIpc) is 2.26. The fourth-order valence-corrected chi connectivity index (χ4v) is 2.52. The third-order valence-corrected chi connectivity index (χ3v) is 4.11. The van der Waals surface area contributed by atoms with Crippen LogP contribution < -0.4 is 5.32 Å². The van der Waals surface area contributed by atoms with Crippen molar-refractivity contribution in [1.82, 2.24) is 5.32 Å². The second-order valence-corrected chi connectivity index (χ2v) is 6.03. The molecule has 0 spiro atoms. The molecule has 17 heavy (non-hydrogen) atoms. The number of hydrogen-bond donors (Lipinski definition) is 1. The fourth-order valence-electron chi connectivity index (χ4n) is 2.52. The van der Waals surface area contributed by atoms with Crippen LogP contribution in [-0.4, -0.2) is 38.5 Å². The standard InChI is InChI=1S/C14H29NO2/c1-7-17-13-8-12(14(13,4)5)15-11(9-16-6)10(2)3/h10-13,15H,7-9H2,1-6H3. The zero-order valence-electron chi connectivity index (χ0n) is 12.2. The molecule has 1 aliphatic rings. The van der Waals surface area contributed by atoms with Crippen molar-refractivity contribution in [2.45, 2.75) is 59.2 Å². The summed E-state index contributed by atoms with van der Waals surface area (Å²) in [4.78, 5) is 0. The first-order valence-electron chi connectivity index (χ1n) is 6.80. The quantitative estimate of drug-likeness (QED) is 0.745. The Morgan fingerprint density at radius 2 is 2.00 bits per heavy atom. The zero-order chi connectivity index (χ0) is 13.1. The molecule has 0 aliphatic heterocycles. The lowest BCUT2D eigenvalue weighted by molar-refractivity contribution is -0.119. The van der Waals surface area contributed by atoms with Crippen molar-refractivity contribution in [2.75, 3.05) is 20.3 Å². The third-order valence-electron chi connectivity index (χ3n) is 4.11. The van der Waals surface area contributed by atoms with Gasteiger partial charge in [-0.3, -0.25) is 0 Å². The molecule has 1 N–H and O–H groups in total. The summed E-state index contributed by atoms with van der Waals surface area (Å²) in [6.45, 7) is 12.7. The zero-order valence-corrected chi connectivity index (χ0v) is 12.2. The molecular formula is C14H29NO2. The molecule has 0 heterocycles. The van der Waals surface area contributed by atoms with Gasteiger partial charge in [0.05, 0.1) is 12.7 Å². The Morgan fingerprint density at radius 3 is 2.41 bits per heavy atom. The predicted molar refractivity (Wildman–Crippen MR) is 71.2 cm³/mol. The van der Waals surface area contributed by atoms with Crippen LogP contribution in [0.25, 0.3) is 0 Å². The topological polar surface area (TPSA) is 30.5 Å². The maximum atomic E-state index is 5.75. The molecule has 0 amide bonds. The van der Waals surface area contributed by atoms with Gasteiger partial charge in [0.2, 0.25) is 0 Å². The first-order valence-corrected chi connectivity index (χ1v) is 6.80. The third kappa shape index (κ3) is 3.43. The van der Waals surface area contributed by atoms with Crippen molar-refractivity contribution in [1.29, 1.82) is 0 Å². The summed E-state index contributed by atoms with van der Waals surface area (Å²) in [5.41, 5.74) is 0.233. The molecule has 0 radical (unpaired) electrons. The Bertz CT molecular complexity index is 228. The van der Waals surface area contributed by atoms with E-state index in [1.807, 2.05) is 0 Å². The predicted octanol–water partition coefficient (Wildman–Crippen LogP) is 2.45. The number of nitrogens with one attached hydrogen (secondary N) is 1. The first kappa shape index (κ1) is 14.9. The summed E-state index contributed by atoms with van der Waals surface area (Å²) in [7, 11) is 1.77. The Kier molecular flexibility index (Phi) is 5.42. The van der Waals surface area contributed by atoms with Gasteiger partial charge in [0.25, 0.3) is 0 Å². The maximum absolute atomic E-state index is 5.75. The molecule has 0 aromatic heterocycles. The molecule has 3 atom stereocenters. The molecule has 0 bridgehead atoms. The van der Waals surface area contributed by atoms with Crippen LogP contribution in [0.15, 0.2) is 0 Å². The van der Waals surface area contributed by atoms with E-state index < -0.39 is 0 Å². The van der Waals surface area contributed by atoms with Crippen molar-refractivity contribution in [3.05, 3.63) is 0 Å². The number of rotatable bonds is 7. The second kappa shape index (κ2) is 6.17. The summed E-state index contributed by atoms with van der Waals surface area (Å²) in [5, 5.41) is 3.73. The van der Waals surface area contributed by atoms with Gasteiger partial charge in [-0.15, -0.1) is 0 Å². The molecule has 3 nitrogen and oxygen atoms in total. The maximum Gasteiger partial charge on any atom is 0.0655 e. The Hall–Kier alpha value is -0.120. The van der Waals surface area contributed by atoms with Gasteiger partial charge in [0, 0.05) is 31.2 Å². The summed E-state index contributed by atoms with van der Waals surface area (Å²) in [5.74, 6) is 0.594. The van der Waals surface area contributed by atoms with Gasteiger partial charge in [-0.05, 0) is 19.3 Å². The minimum absolute atomic E-state index is 0.233. The van der Waals surface area contributed by atoms with Gasteiger partial charge in [-0.1, -0.05) is 27.7 Å². The molecule has 1 saturated carbocycles. The van der Waals surface area contributed by atoms with Crippen LogP contribution in [0, 0.1) is 11.3 Å². The summed E-state index contributed by atoms with van der Waals surface area (Å²) in [6.07, 6.45) is 1.52. The molecule has 0 saturated heterocycles. The minimum atomic E-state index is 0.233. The molecular weight excluding hydrogens is 214 g/mol. The normalized spacial score (nSPS) is 29.1. The van der Waals surface area contributed by atoms with E-state index in [0.717, 1.165) is 19.6 Å². The second-order valence-electron chi connectivity index (χ2n) is 6.03. The van der Waals surface area contributed by atoms with Crippen LogP contribution in [-0.2, 0) is 9.47 Å². The van der Waals surface area contributed by atoms with Crippen LogP contribution in [0.1, 0.15) is 41.0 Å². The Morgan fingerprint density at radius 1 is 1.35 bits per heavy atom. The Labute approximate surface area is 106 Å². The van der Waals surface area contributed by atoms with E-state index in [-0.39, 0.29) is 5.41 Å². The molecule has 0 aromatic rings. The van der Waals surface area contributed by atoms with E-state index in [1.165, 1.54) is 0 Å². The SMILES string of the molecule is CCOC1CC(NC(COC)C(C)C)C1(C)C.